The van der Waals surface area contributed by atoms with Crippen molar-refractivity contribution in [3.8, 4) is 0 Å². The first-order chi connectivity index (χ1) is 11.6. The quantitative estimate of drug-likeness (QED) is 0.764. The van der Waals surface area contributed by atoms with Crippen LogP contribution in [0.3, 0.4) is 0 Å². The molecule has 3 saturated heterocycles. The SMILES string of the molecule is CC(C)(C)CN1CC(N2CCC(N3CCC(C(C)(C)C)CC3)CC2)C1. The van der Waals surface area contributed by atoms with E-state index in [0.717, 1.165) is 18.0 Å². The minimum atomic E-state index is 0.442. The molecule has 3 aliphatic rings. The Kier molecular flexibility index (Phi) is 5.88. The van der Waals surface area contributed by atoms with E-state index in [4.69, 9.17) is 0 Å². The topological polar surface area (TPSA) is 9.72 Å². The van der Waals surface area contributed by atoms with E-state index in [2.05, 4.69) is 56.2 Å². The average Bonchev–Trinajstić information content (AvgIpc) is 2.49. The molecule has 3 aliphatic heterocycles. The fourth-order valence-electron chi connectivity index (χ4n) is 5.32. The van der Waals surface area contributed by atoms with Gasteiger partial charge in [-0.3, -0.25) is 9.80 Å². The molecule has 3 rings (SSSR count). The van der Waals surface area contributed by atoms with E-state index in [1.165, 1.54) is 71.5 Å². The van der Waals surface area contributed by atoms with Gasteiger partial charge in [0.1, 0.15) is 0 Å². The minimum Gasteiger partial charge on any atom is -0.300 e. The fraction of sp³-hybridized carbons (Fsp3) is 1.00. The Morgan fingerprint density at radius 1 is 0.680 bits per heavy atom. The Morgan fingerprint density at radius 3 is 1.64 bits per heavy atom. The largest absolute Gasteiger partial charge is 0.300 e. The van der Waals surface area contributed by atoms with Gasteiger partial charge in [-0.2, -0.15) is 0 Å². The van der Waals surface area contributed by atoms with Crippen LogP contribution in [-0.4, -0.2) is 72.6 Å². The molecule has 0 atom stereocenters. The van der Waals surface area contributed by atoms with Crippen LogP contribution in [0.15, 0.2) is 0 Å². The smallest absolute Gasteiger partial charge is 0.0350 e. The van der Waals surface area contributed by atoms with Crippen molar-refractivity contribution in [3.05, 3.63) is 0 Å². The lowest BCUT2D eigenvalue weighted by molar-refractivity contribution is -0.0144. The van der Waals surface area contributed by atoms with Crippen LogP contribution in [0, 0.1) is 16.7 Å². The highest BCUT2D eigenvalue weighted by molar-refractivity contribution is 4.93. The summed E-state index contributed by atoms with van der Waals surface area (Å²) in [5, 5.41) is 0. The van der Waals surface area contributed by atoms with E-state index in [-0.39, 0.29) is 0 Å². The minimum absolute atomic E-state index is 0.442. The molecule has 0 aromatic rings. The van der Waals surface area contributed by atoms with Crippen LogP contribution in [-0.2, 0) is 0 Å². The molecule has 0 amide bonds. The van der Waals surface area contributed by atoms with Gasteiger partial charge in [0.15, 0.2) is 0 Å². The second-order valence-electron chi connectivity index (χ2n) is 11.4. The summed E-state index contributed by atoms with van der Waals surface area (Å²) in [7, 11) is 0. The predicted molar refractivity (Wildman–Crippen MR) is 108 cm³/mol. The second kappa shape index (κ2) is 7.48. The normalized spacial score (nSPS) is 27.6. The Balaban J connectivity index is 1.36. The maximum absolute atomic E-state index is 2.83. The van der Waals surface area contributed by atoms with Gasteiger partial charge in [-0.25, -0.2) is 0 Å². The average molecular weight is 350 g/mol. The molecule has 3 nitrogen and oxygen atoms in total. The highest BCUT2D eigenvalue weighted by Crippen LogP contribution is 2.35. The third-order valence-corrected chi connectivity index (χ3v) is 6.92. The van der Waals surface area contributed by atoms with E-state index in [1.807, 2.05) is 0 Å². The van der Waals surface area contributed by atoms with Gasteiger partial charge in [0, 0.05) is 44.8 Å². The maximum atomic E-state index is 2.83. The second-order valence-corrected chi connectivity index (χ2v) is 11.4. The molecule has 0 saturated carbocycles. The summed E-state index contributed by atoms with van der Waals surface area (Å²) >= 11 is 0. The highest BCUT2D eigenvalue weighted by atomic mass is 15.3. The Bertz CT molecular complexity index is 412. The van der Waals surface area contributed by atoms with Crippen molar-refractivity contribution >= 4 is 0 Å². The Hall–Kier alpha value is -0.120. The van der Waals surface area contributed by atoms with Gasteiger partial charge in [0.05, 0.1) is 0 Å². The molecule has 0 aromatic carbocycles. The molecule has 25 heavy (non-hydrogen) atoms. The van der Waals surface area contributed by atoms with Crippen LogP contribution in [0.25, 0.3) is 0 Å². The number of nitrogens with zero attached hydrogens (tertiary/aromatic N) is 3. The molecule has 0 unspecified atom stereocenters. The third-order valence-electron chi connectivity index (χ3n) is 6.92. The van der Waals surface area contributed by atoms with Crippen LogP contribution >= 0.6 is 0 Å². The zero-order valence-corrected chi connectivity index (χ0v) is 17.9. The van der Waals surface area contributed by atoms with Gasteiger partial charge in [0.25, 0.3) is 0 Å². The summed E-state index contributed by atoms with van der Waals surface area (Å²) in [4.78, 5) is 8.26. The summed E-state index contributed by atoms with van der Waals surface area (Å²) in [6, 6.07) is 1.71. The van der Waals surface area contributed by atoms with Crippen molar-refractivity contribution in [2.45, 2.75) is 79.3 Å². The highest BCUT2D eigenvalue weighted by Gasteiger charge is 2.37. The number of hydrogen-bond donors (Lipinski definition) is 0. The van der Waals surface area contributed by atoms with Crippen molar-refractivity contribution in [1.29, 1.82) is 0 Å². The van der Waals surface area contributed by atoms with E-state index < -0.39 is 0 Å². The molecule has 0 bridgehead atoms. The molecule has 0 aliphatic carbocycles. The molecule has 3 heteroatoms. The third kappa shape index (κ3) is 5.20. The van der Waals surface area contributed by atoms with Gasteiger partial charge in [0.2, 0.25) is 0 Å². The van der Waals surface area contributed by atoms with Crippen LogP contribution in [0.1, 0.15) is 67.2 Å². The van der Waals surface area contributed by atoms with Crippen LogP contribution in [0.2, 0.25) is 0 Å². The summed E-state index contributed by atoms with van der Waals surface area (Å²) in [5.74, 6) is 0.924. The monoisotopic (exact) mass is 349 g/mol. The van der Waals surface area contributed by atoms with Crippen molar-refractivity contribution in [1.82, 2.24) is 14.7 Å². The molecule has 0 aromatic heterocycles. The lowest BCUT2D eigenvalue weighted by Crippen LogP contribution is -2.62. The van der Waals surface area contributed by atoms with Gasteiger partial charge in [-0.1, -0.05) is 41.5 Å². The maximum Gasteiger partial charge on any atom is 0.0350 e. The zero-order valence-electron chi connectivity index (χ0n) is 17.9. The molecule has 3 fully saturated rings. The molecule has 3 heterocycles. The van der Waals surface area contributed by atoms with Gasteiger partial charge < -0.3 is 4.90 Å². The molecular formula is C22H43N3. The van der Waals surface area contributed by atoms with Crippen LogP contribution in [0.5, 0.6) is 0 Å². The lowest BCUT2D eigenvalue weighted by Gasteiger charge is -2.50. The van der Waals surface area contributed by atoms with Crippen molar-refractivity contribution in [3.63, 3.8) is 0 Å². The van der Waals surface area contributed by atoms with Crippen molar-refractivity contribution in [2.24, 2.45) is 16.7 Å². The summed E-state index contributed by atoms with van der Waals surface area (Å²) < 4.78 is 0. The summed E-state index contributed by atoms with van der Waals surface area (Å²) in [5.41, 5.74) is 0.940. The van der Waals surface area contributed by atoms with Crippen molar-refractivity contribution < 1.29 is 0 Å². The van der Waals surface area contributed by atoms with Crippen LogP contribution in [0.4, 0.5) is 0 Å². The molecule has 0 radical (unpaired) electrons. The number of likely N-dealkylation sites (tertiary alicyclic amines) is 3. The lowest BCUT2D eigenvalue weighted by atomic mass is 9.75. The van der Waals surface area contributed by atoms with E-state index >= 15 is 0 Å². The fourth-order valence-corrected chi connectivity index (χ4v) is 5.32. The van der Waals surface area contributed by atoms with Gasteiger partial charge in [-0.05, 0) is 55.5 Å². The first kappa shape index (κ1) is 19.6. The molecule has 0 spiro atoms. The summed E-state index contributed by atoms with van der Waals surface area (Å²) in [6.07, 6.45) is 5.62. The number of piperidine rings is 2. The van der Waals surface area contributed by atoms with E-state index in [1.54, 1.807) is 0 Å². The van der Waals surface area contributed by atoms with Crippen LogP contribution < -0.4 is 0 Å². The Morgan fingerprint density at radius 2 is 1.16 bits per heavy atom. The predicted octanol–water partition coefficient (Wildman–Crippen LogP) is 3.94. The first-order valence-corrected chi connectivity index (χ1v) is 10.8. The molecule has 146 valence electrons. The van der Waals surface area contributed by atoms with Gasteiger partial charge in [-0.15, -0.1) is 0 Å². The standard InChI is InChI=1S/C22H43N3/c1-21(2,3)17-23-15-20(16-23)25-13-9-19(10-14-25)24-11-7-18(8-12-24)22(4,5)6/h18-20H,7-17H2,1-6H3. The van der Waals surface area contributed by atoms with Crippen molar-refractivity contribution in [2.75, 3.05) is 45.8 Å². The first-order valence-electron chi connectivity index (χ1n) is 10.8. The van der Waals surface area contributed by atoms with E-state index in [0.29, 0.717) is 10.8 Å². The zero-order chi connectivity index (χ0) is 18.2. The Labute approximate surface area is 157 Å². The molecule has 0 N–H and O–H groups in total. The summed E-state index contributed by atoms with van der Waals surface area (Å²) in [6.45, 7) is 23.5. The van der Waals surface area contributed by atoms with Gasteiger partial charge >= 0.3 is 0 Å². The number of hydrogen-bond acceptors (Lipinski definition) is 3. The number of rotatable bonds is 3. The van der Waals surface area contributed by atoms with E-state index in [9.17, 15) is 0 Å². The molecular weight excluding hydrogens is 306 g/mol.